The SMILES string of the molecule is CCN(CC)[C@H]1CO[C@H]([C@H]2CCC[C@H](C)[C@@H](C)S(=O)(=O)NC(=O)c3ccc4c(c3)N(CCCCc3cc(Cl)ccc3CO4)C[C@@H]3CC[C@H]32)OC1. The molecule has 1 aliphatic carbocycles. The van der Waals surface area contributed by atoms with Crippen LogP contribution in [-0.2, 0) is 32.5 Å². The first-order valence-electron chi connectivity index (χ1n) is 18.9. The molecule has 5 atom stereocenters. The number of nitrogens with one attached hydrogen (secondary N) is 1. The summed E-state index contributed by atoms with van der Waals surface area (Å²) < 4.78 is 49.0. The summed E-state index contributed by atoms with van der Waals surface area (Å²) in [5.74, 6) is 1.04. The van der Waals surface area contributed by atoms with E-state index in [0.717, 1.165) is 93.8 Å². The Morgan fingerprint density at radius 2 is 1.70 bits per heavy atom. The average molecular weight is 730 g/mol. The number of carbonyl (C=O) groups is 1. The maximum absolute atomic E-state index is 13.5. The zero-order valence-corrected chi connectivity index (χ0v) is 31.8. The maximum atomic E-state index is 13.5. The van der Waals surface area contributed by atoms with Gasteiger partial charge in [-0.05, 0) is 124 Å². The van der Waals surface area contributed by atoms with Crippen LogP contribution in [0.5, 0.6) is 5.75 Å². The summed E-state index contributed by atoms with van der Waals surface area (Å²) in [6.07, 6.45) is 7.36. The second kappa shape index (κ2) is 16.5. The minimum atomic E-state index is -3.91. The van der Waals surface area contributed by atoms with Crippen LogP contribution in [0.3, 0.4) is 0 Å². The van der Waals surface area contributed by atoms with Gasteiger partial charge in [0.05, 0.1) is 30.2 Å². The number of carbonyl (C=O) groups excluding carboxylic acids is 1. The summed E-state index contributed by atoms with van der Waals surface area (Å²) >= 11 is 6.39. The first-order valence-corrected chi connectivity index (χ1v) is 20.8. The van der Waals surface area contributed by atoms with Crippen LogP contribution in [0.4, 0.5) is 5.69 Å². The molecule has 0 radical (unpaired) electrons. The molecule has 1 saturated carbocycles. The molecule has 0 aromatic heterocycles. The molecule has 0 unspecified atom stereocenters. The van der Waals surface area contributed by atoms with Crippen LogP contribution >= 0.6 is 11.6 Å². The number of aryl methyl sites for hydroxylation is 1. The molecule has 2 aromatic rings. The quantitative estimate of drug-likeness (QED) is 0.358. The van der Waals surface area contributed by atoms with Crippen molar-refractivity contribution >= 4 is 33.2 Å². The Morgan fingerprint density at radius 3 is 2.42 bits per heavy atom. The predicted molar refractivity (Wildman–Crippen MR) is 198 cm³/mol. The van der Waals surface area contributed by atoms with E-state index in [2.05, 4.69) is 28.4 Å². The summed E-state index contributed by atoms with van der Waals surface area (Å²) in [6, 6.07) is 11.6. The van der Waals surface area contributed by atoms with Gasteiger partial charge < -0.3 is 19.1 Å². The number of nitrogens with zero attached hydrogens (tertiary/aromatic N) is 2. The van der Waals surface area contributed by atoms with Gasteiger partial charge in [-0.25, -0.2) is 13.1 Å². The Bertz CT molecular complexity index is 1580. The molecule has 0 spiro atoms. The highest BCUT2D eigenvalue weighted by Crippen LogP contribution is 2.46. The summed E-state index contributed by atoms with van der Waals surface area (Å²) in [5.41, 5.74) is 3.43. The predicted octanol–water partition coefficient (Wildman–Crippen LogP) is 7.06. The molecule has 6 rings (SSSR count). The first kappa shape index (κ1) is 37.4. The number of sulfonamides is 1. The molecule has 2 aromatic carbocycles. The number of halogens is 1. The van der Waals surface area contributed by atoms with Crippen LogP contribution in [-0.4, -0.2) is 76.2 Å². The van der Waals surface area contributed by atoms with E-state index in [1.54, 1.807) is 13.0 Å². The van der Waals surface area contributed by atoms with Gasteiger partial charge in [0.1, 0.15) is 12.4 Å². The Morgan fingerprint density at radius 1 is 0.920 bits per heavy atom. The molecular weight excluding hydrogens is 674 g/mol. The number of hydrogen-bond donors (Lipinski definition) is 1. The highest BCUT2D eigenvalue weighted by atomic mass is 35.5. The Kier molecular flexibility index (Phi) is 12.4. The second-order valence-electron chi connectivity index (χ2n) is 15.0. The van der Waals surface area contributed by atoms with Crippen LogP contribution in [0.2, 0.25) is 5.02 Å². The number of ether oxygens (including phenoxy) is 3. The molecule has 2 bridgehead atoms. The van der Waals surface area contributed by atoms with E-state index in [9.17, 15) is 13.2 Å². The van der Waals surface area contributed by atoms with Crippen LogP contribution in [0.15, 0.2) is 36.4 Å². The van der Waals surface area contributed by atoms with Gasteiger partial charge in [-0.3, -0.25) is 9.69 Å². The monoisotopic (exact) mass is 729 g/mol. The Hall–Kier alpha value is -2.37. The molecule has 9 nitrogen and oxygen atoms in total. The van der Waals surface area contributed by atoms with E-state index in [4.69, 9.17) is 25.8 Å². The fourth-order valence-corrected chi connectivity index (χ4v) is 10.0. The molecule has 50 heavy (non-hydrogen) atoms. The number of anilines is 1. The average Bonchev–Trinajstić information content (AvgIpc) is 3.12. The molecule has 1 N–H and O–H groups in total. The first-order chi connectivity index (χ1) is 24.1. The molecule has 2 fully saturated rings. The largest absolute Gasteiger partial charge is 0.487 e. The number of fused-ring (bicyclic) bond motifs is 3. The van der Waals surface area contributed by atoms with Gasteiger partial charge in [0, 0.05) is 29.6 Å². The number of amides is 1. The summed E-state index contributed by atoms with van der Waals surface area (Å²) in [5, 5.41) is -0.000902. The zero-order valence-electron chi connectivity index (χ0n) is 30.2. The molecule has 1 saturated heterocycles. The van der Waals surface area contributed by atoms with Crippen LogP contribution in [0.25, 0.3) is 0 Å². The molecular formula is C39H56ClN3O6S. The van der Waals surface area contributed by atoms with E-state index >= 15 is 0 Å². The Labute approximate surface area is 304 Å². The van der Waals surface area contributed by atoms with Crippen LogP contribution in [0.1, 0.15) is 94.1 Å². The minimum Gasteiger partial charge on any atom is -0.487 e. The van der Waals surface area contributed by atoms with E-state index in [1.807, 2.05) is 37.3 Å². The number of rotatable bonds is 4. The van der Waals surface area contributed by atoms with Gasteiger partial charge in [-0.15, -0.1) is 0 Å². The molecule has 1 amide bonds. The van der Waals surface area contributed by atoms with Crippen molar-refractivity contribution in [2.75, 3.05) is 44.3 Å². The van der Waals surface area contributed by atoms with E-state index in [1.165, 1.54) is 5.56 Å². The van der Waals surface area contributed by atoms with Gasteiger partial charge in [-0.2, -0.15) is 0 Å². The molecule has 3 heterocycles. The lowest BCUT2D eigenvalue weighted by Crippen LogP contribution is -2.52. The molecule has 3 aliphatic heterocycles. The third-order valence-corrected chi connectivity index (χ3v) is 14.2. The lowest BCUT2D eigenvalue weighted by atomic mass is 9.65. The van der Waals surface area contributed by atoms with Gasteiger partial charge in [0.15, 0.2) is 6.29 Å². The zero-order chi connectivity index (χ0) is 35.4. The smallest absolute Gasteiger partial charge is 0.264 e. The van der Waals surface area contributed by atoms with Crippen LogP contribution < -0.4 is 14.4 Å². The van der Waals surface area contributed by atoms with Crippen LogP contribution in [0, 0.1) is 23.7 Å². The molecule has 4 aliphatic rings. The van der Waals surface area contributed by atoms with Gasteiger partial charge in [-0.1, -0.05) is 44.9 Å². The standard InChI is InChI=1S/C39H56ClN3O6S/c1-5-42(6-2)33-24-48-39(49-25-33)35-12-9-10-26(3)27(4)50(45,46)41-38(44)29-15-18-37-36(21-29)43(22-30-14-17-34(30)35)19-8-7-11-28-20-32(40)16-13-31(28)23-47-37/h13,15-16,18,20-21,26-27,30,33-35,39H,5-12,14,17,19,22-25H2,1-4H3,(H,41,44)/t26-,27+,30-,33-,34+,35-,39-/m0/s1. The van der Waals surface area contributed by atoms with E-state index < -0.39 is 21.2 Å². The second-order valence-corrected chi connectivity index (χ2v) is 17.4. The minimum absolute atomic E-state index is 0.125. The van der Waals surface area contributed by atoms with Gasteiger partial charge in [0.25, 0.3) is 5.91 Å². The van der Waals surface area contributed by atoms with Crippen molar-refractivity contribution < 1.29 is 27.4 Å². The van der Waals surface area contributed by atoms with Crippen molar-refractivity contribution in [2.24, 2.45) is 23.7 Å². The third-order valence-electron chi connectivity index (χ3n) is 12.0. The molecule has 11 heteroatoms. The summed E-state index contributed by atoms with van der Waals surface area (Å²) in [6.45, 7) is 13.3. The maximum Gasteiger partial charge on any atom is 0.264 e. The number of hydrogen-bond acceptors (Lipinski definition) is 8. The lowest BCUT2D eigenvalue weighted by Gasteiger charge is -2.48. The van der Waals surface area contributed by atoms with Crippen molar-refractivity contribution in [2.45, 2.75) is 103 Å². The fourth-order valence-electron chi connectivity index (χ4n) is 8.50. The van der Waals surface area contributed by atoms with Crippen molar-refractivity contribution in [3.8, 4) is 5.75 Å². The van der Waals surface area contributed by atoms with Crippen molar-refractivity contribution in [3.63, 3.8) is 0 Å². The number of benzene rings is 2. The summed E-state index contributed by atoms with van der Waals surface area (Å²) in [7, 11) is -3.91. The fraction of sp³-hybridized carbons (Fsp3) is 0.667. The highest BCUT2D eigenvalue weighted by Gasteiger charge is 2.44. The summed E-state index contributed by atoms with van der Waals surface area (Å²) in [4.78, 5) is 18.3. The lowest BCUT2D eigenvalue weighted by molar-refractivity contribution is -0.243. The third kappa shape index (κ3) is 8.46. The van der Waals surface area contributed by atoms with Gasteiger partial charge in [0.2, 0.25) is 10.0 Å². The van der Waals surface area contributed by atoms with Crippen molar-refractivity contribution in [1.82, 2.24) is 9.62 Å². The Balaban J connectivity index is 1.33. The van der Waals surface area contributed by atoms with Crippen molar-refractivity contribution in [1.29, 1.82) is 0 Å². The number of likely N-dealkylation sites (N-methyl/N-ethyl adjacent to an activating group) is 1. The van der Waals surface area contributed by atoms with Gasteiger partial charge >= 0.3 is 0 Å². The normalized spacial score (nSPS) is 30.9. The topological polar surface area (TPSA) is 97.4 Å². The van der Waals surface area contributed by atoms with Crippen molar-refractivity contribution in [3.05, 3.63) is 58.1 Å². The van der Waals surface area contributed by atoms with E-state index in [-0.39, 0.29) is 24.2 Å². The highest BCUT2D eigenvalue weighted by molar-refractivity contribution is 7.90. The van der Waals surface area contributed by atoms with E-state index in [0.29, 0.717) is 43.0 Å². The molecule has 276 valence electrons.